The molecule has 0 saturated heterocycles. The first-order valence-corrected chi connectivity index (χ1v) is 8.54. The molecule has 1 atom stereocenters. The summed E-state index contributed by atoms with van der Waals surface area (Å²) >= 11 is 1.90. The van der Waals surface area contributed by atoms with E-state index in [0.29, 0.717) is 6.04 Å². The largest absolute Gasteiger partial charge is 0.310 e. The summed E-state index contributed by atoms with van der Waals surface area (Å²) in [6.07, 6.45) is 1.11. The molecule has 2 heteroatoms. The average Bonchev–Trinajstić information content (AvgIpc) is 2.81. The Morgan fingerprint density at radius 3 is 2.24 bits per heavy atom. The van der Waals surface area contributed by atoms with Crippen LogP contribution in [0.15, 0.2) is 36.4 Å². The highest BCUT2D eigenvalue weighted by atomic mass is 32.1. The minimum atomic E-state index is 0.232. The van der Waals surface area contributed by atoms with Gasteiger partial charge in [-0.25, -0.2) is 0 Å². The fourth-order valence-electron chi connectivity index (χ4n) is 2.38. The highest BCUT2D eigenvalue weighted by molar-refractivity contribution is 7.11. The summed E-state index contributed by atoms with van der Waals surface area (Å²) in [6, 6.07) is 14.0. The van der Waals surface area contributed by atoms with Crippen LogP contribution in [0.1, 0.15) is 48.6 Å². The molecular weight excluding hydrogens is 274 g/mol. The fourth-order valence-corrected chi connectivity index (χ4v) is 3.40. The molecule has 0 saturated carbocycles. The third-order valence-electron chi connectivity index (χ3n) is 3.78. The van der Waals surface area contributed by atoms with Gasteiger partial charge in [-0.3, -0.25) is 0 Å². The fraction of sp³-hybridized carbons (Fsp3) is 0.474. The van der Waals surface area contributed by atoms with Crippen LogP contribution < -0.4 is 5.32 Å². The van der Waals surface area contributed by atoms with Crippen LogP contribution in [0, 0.1) is 6.92 Å². The van der Waals surface area contributed by atoms with Crippen molar-refractivity contribution in [3.63, 3.8) is 0 Å². The van der Waals surface area contributed by atoms with Crippen molar-refractivity contribution >= 4 is 11.3 Å². The quantitative estimate of drug-likeness (QED) is 0.812. The molecule has 1 unspecified atom stereocenters. The van der Waals surface area contributed by atoms with E-state index in [1.807, 2.05) is 11.3 Å². The van der Waals surface area contributed by atoms with Crippen molar-refractivity contribution < 1.29 is 0 Å². The predicted molar refractivity (Wildman–Crippen MR) is 94.2 cm³/mol. The molecule has 0 bridgehead atoms. The second-order valence-electron chi connectivity index (χ2n) is 6.95. The zero-order valence-corrected chi connectivity index (χ0v) is 14.7. The molecule has 0 aliphatic rings. The van der Waals surface area contributed by atoms with Crippen molar-refractivity contribution in [2.75, 3.05) is 0 Å². The van der Waals surface area contributed by atoms with Gasteiger partial charge in [-0.05, 0) is 48.9 Å². The number of hydrogen-bond donors (Lipinski definition) is 1. The molecule has 0 radical (unpaired) electrons. The van der Waals surface area contributed by atoms with Crippen LogP contribution in [-0.2, 0) is 18.4 Å². The smallest absolute Gasteiger partial charge is 0.0208 e. The lowest BCUT2D eigenvalue weighted by molar-refractivity contribution is 0.547. The molecular formula is C19H27NS. The van der Waals surface area contributed by atoms with Gasteiger partial charge in [0, 0.05) is 22.3 Å². The van der Waals surface area contributed by atoms with Gasteiger partial charge in [-0.1, -0.05) is 45.0 Å². The Bertz CT molecular complexity index is 560. The van der Waals surface area contributed by atoms with E-state index in [0.717, 1.165) is 13.0 Å². The van der Waals surface area contributed by atoms with Gasteiger partial charge < -0.3 is 5.32 Å². The lowest BCUT2D eigenvalue weighted by atomic mass is 9.87. The maximum Gasteiger partial charge on any atom is 0.0208 e. The van der Waals surface area contributed by atoms with E-state index >= 15 is 0 Å². The van der Waals surface area contributed by atoms with E-state index in [9.17, 15) is 0 Å². The lowest BCUT2D eigenvalue weighted by Crippen LogP contribution is -2.27. The lowest BCUT2D eigenvalue weighted by Gasteiger charge is -2.19. The zero-order chi connectivity index (χ0) is 15.5. The molecule has 2 rings (SSSR count). The van der Waals surface area contributed by atoms with Gasteiger partial charge in [0.25, 0.3) is 0 Å². The van der Waals surface area contributed by atoms with Crippen LogP contribution >= 0.6 is 11.3 Å². The molecule has 1 aromatic carbocycles. The number of aryl methyl sites for hydroxylation is 1. The second-order valence-corrected chi connectivity index (χ2v) is 8.32. The van der Waals surface area contributed by atoms with Gasteiger partial charge >= 0.3 is 0 Å². The number of nitrogens with one attached hydrogen (secondary N) is 1. The monoisotopic (exact) mass is 301 g/mol. The Morgan fingerprint density at radius 1 is 1.05 bits per heavy atom. The van der Waals surface area contributed by atoms with E-state index in [2.05, 4.69) is 76.3 Å². The molecule has 1 N–H and O–H groups in total. The third kappa shape index (κ3) is 4.98. The molecule has 0 spiro atoms. The van der Waals surface area contributed by atoms with Crippen molar-refractivity contribution in [1.29, 1.82) is 0 Å². The minimum absolute atomic E-state index is 0.232. The topological polar surface area (TPSA) is 12.0 Å². The van der Waals surface area contributed by atoms with Crippen LogP contribution in [0.3, 0.4) is 0 Å². The van der Waals surface area contributed by atoms with Gasteiger partial charge in [-0.2, -0.15) is 0 Å². The summed E-state index contributed by atoms with van der Waals surface area (Å²) in [5.74, 6) is 0. The molecule has 21 heavy (non-hydrogen) atoms. The normalized spacial score (nSPS) is 13.4. The molecule has 0 aliphatic carbocycles. The molecule has 1 heterocycles. The number of rotatable bonds is 5. The standard InChI is InChI=1S/C19H27NS/c1-14(12-18-11-6-15(2)21-18)20-13-16-7-9-17(10-8-16)19(3,4)5/h6-11,14,20H,12-13H2,1-5H3. The number of hydrogen-bond acceptors (Lipinski definition) is 2. The molecule has 0 aliphatic heterocycles. The average molecular weight is 301 g/mol. The van der Waals surface area contributed by atoms with E-state index in [4.69, 9.17) is 0 Å². The minimum Gasteiger partial charge on any atom is -0.310 e. The number of thiophene rings is 1. The van der Waals surface area contributed by atoms with Crippen molar-refractivity contribution in [2.24, 2.45) is 0 Å². The van der Waals surface area contributed by atoms with Gasteiger partial charge in [0.05, 0.1) is 0 Å². The molecule has 1 nitrogen and oxygen atoms in total. The summed E-state index contributed by atoms with van der Waals surface area (Å²) < 4.78 is 0. The molecule has 0 fully saturated rings. The van der Waals surface area contributed by atoms with E-state index in [-0.39, 0.29) is 5.41 Å². The van der Waals surface area contributed by atoms with Crippen molar-refractivity contribution in [2.45, 2.75) is 59.0 Å². The second kappa shape index (κ2) is 6.76. The maximum absolute atomic E-state index is 3.62. The van der Waals surface area contributed by atoms with Crippen molar-refractivity contribution in [3.05, 3.63) is 57.3 Å². The van der Waals surface area contributed by atoms with Gasteiger partial charge in [0.1, 0.15) is 0 Å². The first-order chi connectivity index (χ1) is 9.84. The highest BCUT2D eigenvalue weighted by Crippen LogP contribution is 2.22. The summed E-state index contributed by atoms with van der Waals surface area (Å²) in [5.41, 5.74) is 2.99. The van der Waals surface area contributed by atoms with Crippen LogP contribution in [0.25, 0.3) is 0 Å². The van der Waals surface area contributed by atoms with Gasteiger partial charge in [0.2, 0.25) is 0 Å². The summed E-state index contributed by atoms with van der Waals surface area (Å²) in [4.78, 5) is 2.87. The highest BCUT2D eigenvalue weighted by Gasteiger charge is 2.12. The molecule has 2 aromatic rings. The Kier molecular flexibility index (Phi) is 5.23. The Balaban J connectivity index is 1.85. The maximum atomic E-state index is 3.62. The predicted octanol–water partition coefficient (Wildman–Crippen LogP) is 5.07. The number of benzene rings is 1. The van der Waals surface area contributed by atoms with Crippen LogP contribution in [-0.4, -0.2) is 6.04 Å². The Labute approximate surface area is 133 Å². The molecule has 0 amide bonds. The van der Waals surface area contributed by atoms with Crippen LogP contribution in [0.5, 0.6) is 0 Å². The van der Waals surface area contributed by atoms with E-state index in [1.165, 1.54) is 20.9 Å². The van der Waals surface area contributed by atoms with E-state index < -0.39 is 0 Å². The van der Waals surface area contributed by atoms with Gasteiger partial charge in [0.15, 0.2) is 0 Å². The van der Waals surface area contributed by atoms with Crippen LogP contribution in [0.4, 0.5) is 0 Å². The SMILES string of the molecule is Cc1ccc(CC(C)NCc2ccc(C(C)(C)C)cc2)s1. The first kappa shape index (κ1) is 16.3. The van der Waals surface area contributed by atoms with Crippen molar-refractivity contribution in [3.8, 4) is 0 Å². The molecule has 114 valence electrons. The van der Waals surface area contributed by atoms with Crippen molar-refractivity contribution in [1.82, 2.24) is 5.32 Å². The van der Waals surface area contributed by atoms with Gasteiger partial charge in [-0.15, -0.1) is 11.3 Å². The molecule has 1 aromatic heterocycles. The third-order valence-corrected chi connectivity index (χ3v) is 4.80. The van der Waals surface area contributed by atoms with E-state index in [1.54, 1.807) is 0 Å². The summed E-state index contributed by atoms with van der Waals surface area (Å²) in [5, 5.41) is 3.62. The summed E-state index contributed by atoms with van der Waals surface area (Å²) in [6.45, 7) is 12.1. The Morgan fingerprint density at radius 2 is 1.71 bits per heavy atom. The Hall–Kier alpha value is -1.12. The zero-order valence-electron chi connectivity index (χ0n) is 13.9. The van der Waals surface area contributed by atoms with Crippen LogP contribution in [0.2, 0.25) is 0 Å². The summed E-state index contributed by atoms with van der Waals surface area (Å²) in [7, 11) is 0. The first-order valence-electron chi connectivity index (χ1n) is 7.73.